The number of carbonyl (C=O) groups excluding carboxylic acids is 1. The molecule has 2 heterocycles. The van der Waals surface area contributed by atoms with Crippen LogP contribution in [0.5, 0.6) is 0 Å². The van der Waals surface area contributed by atoms with Gasteiger partial charge in [0.1, 0.15) is 12.3 Å². The number of carbonyl (C=O) groups is 1. The van der Waals surface area contributed by atoms with E-state index in [0.29, 0.717) is 12.8 Å². The molecule has 0 aliphatic rings. The average Bonchev–Trinajstić information content (AvgIpc) is 3.05. The zero-order valence-electron chi connectivity index (χ0n) is 11.9. The van der Waals surface area contributed by atoms with Crippen molar-refractivity contribution in [1.82, 2.24) is 15.1 Å². The molecule has 0 bridgehead atoms. The first-order valence-corrected chi connectivity index (χ1v) is 6.77. The first-order chi connectivity index (χ1) is 10.3. The number of hydrogen-bond donors (Lipinski definition) is 1. The van der Waals surface area contributed by atoms with Crippen LogP contribution in [0.3, 0.4) is 0 Å². The van der Waals surface area contributed by atoms with E-state index in [1.807, 2.05) is 13.0 Å². The lowest BCUT2D eigenvalue weighted by atomic mass is 10.1. The minimum absolute atomic E-state index is 0.116. The van der Waals surface area contributed by atoms with Gasteiger partial charge in [-0.25, -0.2) is 0 Å². The Morgan fingerprint density at radius 2 is 2.23 bits per heavy atom. The number of alkyl halides is 3. The van der Waals surface area contributed by atoms with Crippen LogP contribution in [0.1, 0.15) is 24.8 Å². The molecule has 1 N–H and O–H groups in total. The highest BCUT2D eigenvalue weighted by atomic mass is 19.4. The summed E-state index contributed by atoms with van der Waals surface area (Å²) in [6.07, 6.45) is -0.441. The monoisotopic (exact) mass is 315 g/mol. The molecule has 22 heavy (non-hydrogen) atoms. The van der Waals surface area contributed by atoms with Crippen molar-refractivity contribution in [3.05, 3.63) is 42.1 Å². The molecule has 0 aliphatic heterocycles. The average molecular weight is 315 g/mol. The Morgan fingerprint density at radius 3 is 2.82 bits per heavy atom. The van der Waals surface area contributed by atoms with Gasteiger partial charge in [-0.05, 0) is 31.5 Å². The van der Waals surface area contributed by atoms with E-state index in [2.05, 4.69) is 10.4 Å². The maximum absolute atomic E-state index is 12.4. The number of aryl methyl sites for hydroxylation is 1. The second-order valence-electron chi connectivity index (χ2n) is 4.98. The van der Waals surface area contributed by atoms with E-state index in [9.17, 15) is 18.0 Å². The Morgan fingerprint density at radius 1 is 1.45 bits per heavy atom. The first kappa shape index (κ1) is 16.1. The van der Waals surface area contributed by atoms with E-state index >= 15 is 0 Å². The number of furan rings is 1. The summed E-state index contributed by atoms with van der Waals surface area (Å²) >= 11 is 0. The van der Waals surface area contributed by atoms with E-state index in [1.54, 1.807) is 12.3 Å². The molecule has 0 unspecified atom stereocenters. The van der Waals surface area contributed by atoms with Crippen LogP contribution >= 0.6 is 0 Å². The zero-order chi connectivity index (χ0) is 16.2. The Hall–Kier alpha value is -2.25. The van der Waals surface area contributed by atoms with Crippen molar-refractivity contribution >= 4 is 5.91 Å². The summed E-state index contributed by atoms with van der Waals surface area (Å²) in [6, 6.07) is 4.36. The molecule has 0 aliphatic carbocycles. The van der Waals surface area contributed by atoms with Gasteiger partial charge in [0.2, 0.25) is 5.91 Å². The van der Waals surface area contributed by atoms with Crippen LogP contribution in [0.4, 0.5) is 13.2 Å². The molecule has 2 aromatic rings. The molecule has 0 spiro atoms. The van der Waals surface area contributed by atoms with E-state index in [-0.39, 0.29) is 18.5 Å². The largest absolute Gasteiger partial charge is 0.469 e. The van der Waals surface area contributed by atoms with Crippen LogP contribution in [0.15, 0.2) is 35.1 Å². The van der Waals surface area contributed by atoms with Crippen LogP contribution in [-0.2, 0) is 23.9 Å². The quantitative estimate of drug-likeness (QED) is 0.891. The predicted molar refractivity (Wildman–Crippen MR) is 71.9 cm³/mol. The highest BCUT2D eigenvalue weighted by molar-refractivity contribution is 5.75. The second-order valence-corrected chi connectivity index (χ2v) is 4.98. The molecular weight excluding hydrogens is 299 g/mol. The molecule has 2 rings (SSSR count). The van der Waals surface area contributed by atoms with Gasteiger partial charge in [0.25, 0.3) is 0 Å². The van der Waals surface area contributed by atoms with Crippen molar-refractivity contribution in [2.24, 2.45) is 0 Å². The second kappa shape index (κ2) is 6.67. The minimum Gasteiger partial charge on any atom is -0.469 e. The van der Waals surface area contributed by atoms with Crippen LogP contribution in [0.2, 0.25) is 0 Å². The number of hydrogen-bond acceptors (Lipinski definition) is 3. The Balaban J connectivity index is 1.78. The standard InChI is InChI=1S/C14H16F3N3O2/c1-10(4-5-11-3-2-8-22-11)18-13(21)9-20-7-6-12(19-20)14(15,16)17/h2-3,6-8,10H,4-5,9H2,1H3,(H,18,21)/t10-/m1/s1. The van der Waals surface area contributed by atoms with Crippen molar-refractivity contribution in [1.29, 1.82) is 0 Å². The fourth-order valence-corrected chi connectivity index (χ4v) is 1.95. The molecule has 0 fully saturated rings. The van der Waals surface area contributed by atoms with Gasteiger partial charge in [-0.3, -0.25) is 9.48 Å². The van der Waals surface area contributed by atoms with E-state index in [1.165, 1.54) is 0 Å². The van der Waals surface area contributed by atoms with Crippen molar-refractivity contribution < 1.29 is 22.4 Å². The number of amides is 1. The maximum Gasteiger partial charge on any atom is 0.435 e. The highest BCUT2D eigenvalue weighted by Gasteiger charge is 2.33. The Bertz CT molecular complexity index is 605. The van der Waals surface area contributed by atoms with Crippen molar-refractivity contribution in [2.75, 3.05) is 0 Å². The van der Waals surface area contributed by atoms with Crippen molar-refractivity contribution in [3.63, 3.8) is 0 Å². The number of nitrogens with one attached hydrogen (secondary N) is 1. The number of nitrogens with zero attached hydrogens (tertiary/aromatic N) is 2. The molecule has 5 nitrogen and oxygen atoms in total. The molecule has 0 aromatic carbocycles. The van der Waals surface area contributed by atoms with Gasteiger partial charge in [0.05, 0.1) is 6.26 Å². The van der Waals surface area contributed by atoms with Crippen LogP contribution < -0.4 is 5.32 Å². The third-order valence-corrected chi connectivity index (χ3v) is 3.05. The van der Waals surface area contributed by atoms with Gasteiger partial charge in [-0.15, -0.1) is 0 Å². The van der Waals surface area contributed by atoms with Gasteiger partial charge >= 0.3 is 6.18 Å². The lowest BCUT2D eigenvalue weighted by Crippen LogP contribution is -2.35. The third kappa shape index (κ3) is 4.64. The highest BCUT2D eigenvalue weighted by Crippen LogP contribution is 2.27. The van der Waals surface area contributed by atoms with Crippen LogP contribution in [0.25, 0.3) is 0 Å². The third-order valence-electron chi connectivity index (χ3n) is 3.05. The van der Waals surface area contributed by atoms with Gasteiger partial charge in [-0.2, -0.15) is 18.3 Å². The SMILES string of the molecule is C[C@H](CCc1ccco1)NC(=O)Cn1ccc(C(F)(F)F)n1. The summed E-state index contributed by atoms with van der Waals surface area (Å²) < 4.78 is 43.4. The molecule has 8 heteroatoms. The zero-order valence-corrected chi connectivity index (χ0v) is 11.9. The van der Waals surface area contributed by atoms with Gasteiger partial charge < -0.3 is 9.73 Å². The molecule has 2 aromatic heterocycles. The summed E-state index contributed by atoms with van der Waals surface area (Å²) in [5.41, 5.74) is -1.01. The molecule has 0 saturated heterocycles. The van der Waals surface area contributed by atoms with Gasteiger partial charge in [-0.1, -0.05) is 0 Å². The number of aromatic nitrogens is 2. The molecule has 120 valence electrons. The topological polar surface area (TPSA) is 60.1 Å². The van der Waals surface area contributed by atoms with E-state index < -0.39 is 11.9 Å². The fraction of sp³-hybridized carbons (Fsp3) is 0.429. The van der Waals surface area contributed by atoms with Crippen LogP contribution in [0, 0.1) is 0 Å². The van der Waals surface area contributed by atoms with E-state index in [4.69, 9.17) is 4.42 Å². The van der Waals surface area contributed by atoms with E-state index in [0.717, 1.165) is 22.7 Å². The molecule has 1 atom stereocenters. The normalized spacial score (nSPS) is 13.1. The molecule has 1 amide bonds. The number of rotatable bonds is 6. The molecule has 0 saturated carbocycles. The predicted octanol–water partition coefficient (Wildman–Crippen LogP) is 2.63. The first-order valence-electron chi connectivity index (χ1n) is 6.77. The van der Waals surface area contributed by atoms with Crippen LogP contribution in [-0.4, -0.2) is 21.7 Å². The van der Waals surface area contributed by atoms with Gasteiger partial charge in [0, 0.05) is 18.7 Å². The molecule has 0 radical (unpaired) electrons. The Kier molecular flexibility index (Phi) is 4.89. The van der Waals surface area contributed by atoms with Crippen molar-refractivity contribution in [2.45, 2.75) is 38.5 Å². The summed E-state index contributed by atoms with van der Waals surface area (Å²) in [4.78, 5) is 11.8. The fourth-order valence-electron chi connectivity index (χ4n) is 1.95. The smallest absolute Gasteiger partial charge is 0.435 e. The summed E-state index contributed by atoms with van der Waals surface area (Å²) in [5, 5.41) is 6.05. The lowest BCUT2D eigenvalue weighted by Gasteiger charge is -2.13. The minimum atomic E-state index is -4.50. The number of halogens is 3. The summed E-state index contributed by atoms with van der Waals surface area (Å²) in [6.45, 7) is 1.58. The Labute approximate surface area is 125 Å². The lowest BCUT2D eigenvalue weighted by molar-refractivity contribution is -0.141. The van der Waals surface area contributed by atoms with Crippen molar-refractivity contribution in [3.8, 4) is 0 Å². The molecular formula is C14H16F3N3O2. The van der Waals surface area contributed by atoms with Gasteiger partial charge in [0.15, 0.2) is 5.69 Å². The summed E-state index contributed by atoms with van der Waals surface area (Å²) in [5.74, 6) is 0.437. The summed E-state index contributed by atoms with van der Waals surface area (Å²) in [7, 11) is 0. The maximum atomic E-state index is 12.4.